The van der Waals surface area contributed by atoms with Crippen LogP contribution >= 0.6 is 11.6 Å². The summed E-state index contributed by atoms with van der Waals surface area (Å²) >= 11 is 6.05. The van der Waals surface area contributed by atoms with E-state index >= 15 is 0 Å². The van der Waals surface area contributed by atoms with Gasteiger partial charge in [0.25, 0.3) is 11.8 Å². The lowest BCUT2D eigenvalue weighted by Gasteiger charge is -2.32. The molecule has 2 fully saturated rings. The standard InChI is InChI=1S/C25H25ClN4O4/c1-14(2)25(23(32)28-24(33)29-25)17-5-3-16(4-6-17)22(31)30-11-9-15(10-12-30)21-27-19-13-18(26)7-8-20(19)34-21/h3-8,13-15H,9-12H2,1-2H3,(H2,28,29,32,33). The van der Waals surface area contributed by atoms with Crippen LogP contribution in [0.2, 0.25) is 5.02 Å². The number of halogens is 1. The van der Waals surface area contributed by atoms with Crippen molar-refractivity contribution in [2.75, 3.05) is 13.1 Å². The summed E-state index contributed by atoms with van der Waals surface area (Å²) < 4.78 is 5.91. The highest BCUT2D eigenvalue weighted by atomic mass is 35.5. The number of aromatic nitrogens is 1. The molecule has 2 aromatic carbocycles. The Balaban J connectivity index is 1.27. The predicted molar refractivity (Wildman–Crippen MR) is 127 cm³/mol. The lowest BCUT2D eigenvalue weighted by atomic mass is 9.79. The second kappa shape index (κ2) is 8.43. The fourth-order valence-electron chi connectivity index (χ4n) is 4.89. The molecule has 0 bridgehead atoms. The Bertz CT molecular complexity index is 1280. The number of piperidine rings is 1. The first kappa shape index (κ1) is 22.4. The van der Waals surface area contributed by atoms with E-state index in [2.05, 4.69) is 15.6 Å². The number of carbonyl (C=O) groups excluding carboxylic acids is 3. The Hall–Kier alpha value is -3.39. The number of rotatable bonds is 4. The molecule has 0 spiro atoms. The molecule has 0 radical (unpaired) electrons. The maximum Gasteiger partial charge on any atom is 0.322 e. The summed E-state index contributed by atoms with van der Waals surface area (Å²) in [6, 6.07) is 11.8. The zero-order chi connectivity index (χ0) is 24.0. The summed E-state index contributed by atoms with van der Waals surface area (Å²) in [4.78, 5) is 43.9. The van der Waals surface area contributed by atoms with Gasteiger partial charge >= 0.3 is 6.03 Å². The van der Waals surface area contributed by atoms with Crippen molar-refractivity contribution in [1.29, 1.82) is 0 Å². The van der Waals surface area contributed by atoms with Crippen LogP contribution in [0, 0.1) is 5.92 Å². The third-order valence-electron chi connectivity index (χ3n) is 6.85. The van der Waals surface area contributed by atoms with E-state index in [-0.39, 0.29) is 23.7 Å². The molecule has 3 aromatic rings. The van der Waals surface area contributed by atoms with Crippen molar-refractivity contribution in [3.05, 3.63) is 64.5 Å². The van der Waals surface area contributed by atoms with Gasteiger partial charge < -0.3 is 14.6 Å². The number of hydrogen-bond acceptors (Lipinski definition) is 5. The molecule has 9 heteroatoms. The van der Waals surface area contributed by atoms with E-state index in [1.165, 1.54) is 0 Å². The lowest BCUT2D eigenvalue weighted by molar-refractivity contribution is -0.125. The summed E-state index contributed by atoms with van der Waals surface area (Å²) in [6.45, 7) is 4.94. The van der Waals surface area contributed by atoms with E-state index in [0.29, 0.717) is 40.7 Å². The molecule has 4 amide bonds. The van der Waals surface area contributed by atoms with Gasteiger partial charge in [-0.25, -0.2) is 9.78 Å². The zero-order valence-corrected chi connectivity index (χ0v) is 19.7. The van der Waals surface area contributed by atoms with Gasteiger partial charge in [-0.15, -0.1) is 0 Å². The molecular formula is C25H25ClN4O4. The number of urea groups is 1. The predicted octanol–water partition coefficient (Wildman–Crippen LogP) is 4.19. The van der Waals surface area contributed by atoms with Gasteiger partial charge in [0.05, 0.1) is 0 Å². The smallest absolute Gasteiger partial charge is 0.322 e. The van der Waals surface area contributed by atoms with Crippen molar-refractivity contribution < 1.29 is 18.8 Å². The molecule has 0 saturated carbocycles. The zero-order valence-electron chi connectivity index (χ0n) is 18.9. The number of nitrogens with zero attached hydrogens (tertiary/aromatic N) is 2. The Labute approximate surface area is 201 Å². The Morgan fingerprint density at radius 3 is 2.47 bits per heavy atom. The Morgan fingerprint density at radius 2 is 1.85 bits per heavy atom. The van der Waals surface area contributed by atoms with Crippen molar-refractivity contribution in [2.24, 2.45) is 5.92 Å². The molecule has 2 N–H and O–H groups in total. The third-order valence-corrected chi connectivity index (χ3v) is 7.08. The second-order valence-electron chi connectivity index (χ2n) is 9.18. The number of carbonyl (C=O) groups is 3. The van der Waals surface area contributed by atoms with Crippen LogP contribution in [0.5, 0.6) is 0 Å². The molecule has 0 aliphatic carbocycles. The summed E-state index contributed by atoms with van der Waals surface area (Å²) in [5.41, 5.74) is 1.51. The van der Waals surface area contributed by atoms with Gasteiger partial charge in [0, 0.05) is 29.6 Å². The number of benzene rings is 2. The molecule has 1 aromatic heterocycles. The van der Waals surface area contributed by atoms with Gasteiger partial charge in [-0.3, -0.25) is 14.9 Å². The first-order valence-corrected chi connectivity index (χ1v) is 11.7. The molecular weight excluding hydrogens is 456 g/mol. The highest BCUT2D eigenvalue weighted by Crippen LogP contribution is 2.34. The molecule has 1 atom stereocenters. The fourth-order valence-corrected chi connectivity index (χ4v) is 5.06. The SMILES string of the molecule is CC(C)C1(c2ccc(C(=O)N3CCC(c4nc5cc(Cl)ccc5o4)CC3)cc2)NC(=O)NC1=O. The number of imide groups is 1. The van der Waals surface area contributed by atoms with Crippen LogP contribution in [0.1, 0.15) is 54.4 Å². The average Bonchev–Trinajstić information content (AvgIpc) is 3.39. The minimum Gasteiger partial charge on any atom is -0.440 e. The monoisotopic (exact) mass is 480 g/mol. The maximum atomic E-state index is 13.1. The topological polar surface area (TPSA) is 105 Å². The fraction of sp³-hybridized carbons (Fsp3) is 0.360. The molecule has 3 heterocycles. The Kier molecular flexibility index (Phi) is 5.56. The van der Waals surface area contributed by atoms with E-state index in [9.17, 15) is 14.4 Å². The summed E-state index contributed by atoms with van der Waals surface area (Å²) in [5.74, 6) is 0.225. The minimum atomic E-state index is -1.14. The van der Waals surface area contributed by atoms with Crippen molar-refractivity contribution in [3.63, 3.8) is 0 Å². The van der Waals surface area contributed by atoms with Gasteiger partial charge in [0.15, 0.2) is 11.5 Å². The molecule has 2 saturated heterocycles. The van der Waals surface area contributed by atoms with E-state index in [0.717, 1.165) is 18.4 Å². The van der Waals surface area contributed by atoms with Crippen LogP contribution in [0.3, 0.4) is 0 Å². The average molecular weight is 481 g/mol. The summed E-state index contributed by atoms with van der Waals surface area (Å²) in [6.07, 6.45) is 1.51. The second-order valence-corrected chi connectivity index (χ2v) is 9.62. The van der Waals surface area contributed by atoms with Crippen molar-refractivity contribution >= 4 is 40.5 Å². The van der Waals surface area contributed by atoms with Crippen LogP contribution in [0.4, 0.5) is 4.79 Å². The van der Waals surface area contributed by atoms with E-state index < -0.39 is 11.6 Å². The summed E-state index contributed by atoms with van der Waals surface area (Å²) in [7, 11) is 0. The van der Waals surface area contributed by atoms with E-state index in [4.69, 9.17) is 16.0 Å². The molecule has 1 unspecified atom stereocenters. The van der Waals surface area contributed by atoms with Crippen molar-refractivity contribution in [3.8, 4) is 0 Å². The number of amides is 4. The minimum absolute atomic E-state index is 0.0622. The quantitative estimate of drug-likeness (QED) is 0.545. The first-order chi connectivity index (χ1) is 16.3. The number of hydrogen-bond donors (Lipinski definition) is 2. The van der Waals surface area contributed by atoms with Crippen LogP contribution < -0.4 is 10.6 Å². The van der Waals surface area contributed by atoms with Crippen molar-refractivity contribution in [2.45, 2.75) is 38.1 Å². The van der Waals surface area contributed by atoms with Crippen LogP contribution in [-0.4, -0.2) is 40.8 Å². The molecule has 176 valence electrons. The first-order valence-electron chi connectivity index (χ1n) is 11.4. The summed E-state index contributed by atoms with van der Waals surface area (Å²) in [5, 5.41) is 5.70. The largest absolute Gasteiger partial charge is 0.440 e. The van der Waals surface area contributed by atoms with Crippen LogP contribution in [0.25, 0.3) is 11.1 Å². The van der Waals surface area contributed by atoms with Gasteiger partial charge in [-0.1, -0.05) is 37.6 Å². The highest BCUT2D eigenvalue weighted by Gasteiger charge is 2.50. The number of nitrogens with one attached hydrogen (secondary N) is 2. The lowest BCUT2D eigenvalue weighted by Crippen LogP contribution is -2.48. The van der Waals surface area contributed by atoms with E-state index in [1.807, 2.05) is 24.8 Å². The normalized spacial score (nSPS) is 21.2. The van der Waals surface area contributed by atoms with Gasteiger partial charge in [-0.2, -0.15) is 0 Å². The molecule has 2 aliphatic rings. The van der Waals surface area contributed by atoms with Crippen molar-refractivity contribution in [1.82, 2.24) is 20.5 Å². The highest BCUT2D eigenvalue weighted by molar-refractivity contribution is 6.31. The number of oxazole rings is 1. The van der Waals surface area contributed by atoms with Crippen LogP contribution in [0.15, 0.2) is 46.9 Å². The number of likely N-dealkylation sites (tertiary alicyclic amines) is 1. The molecule has 34 heavy (non-hydrogen) atoms. The van der Waals surface area contributed by atoms with Gasteiger partial charge in [0.1, 0.15) is 11.1 Å². The number of fused-ring (bicyclic) bond motifs is 1. The Morgan fingerprint density at radius 1 is 1.15 bits per heavy atom. The van der Waals surface area contributed by atoms with Gasteiger partial charge in [0.2, 0.25) is 0 Å². The van der Waals surface area contributed by atoms with E-state index in [1.54, 1.807) is 36.4 Å². The van der Waals surface area contributed by atoms with Crippen LogP contribution in [-0.2, 0) is 10.3 Å². The molecule has 5 rings (SSSR count). The molecule has 2 aliphatic heterocycles. The van der Waals surface area contributed by atoms with Gasteiger partial charge in [-0.05, 0) is 54.7 Å². The third kappa shape index (κ3) is 3.72. The maximum absolute atomic E-state index is 13.1. The molecule has 8 nitrogen and oxygen atoms in total.